The van der Waals surface area contributed by atoms with Gasteiger partial charge in [0.1, 0.15) is 11.9 Å². The van der Waals surface area contributed by atoms with Gasteiger partial charge in [-0.3, -0.25) is 9.59 Å². The van der Waals surface area contributed by atoms with Gasteiger partial charge >= 0.3 is 6.09 Å². The Hall–Kier alpha value is -6.59. The molecule has 0 radical (unpaired) electrons. The molecule has 0 unspecified atom stereocenters. The number of ether oxygens (including phenoxy) is 1. The van der Waals surface area contributed by atoms with Gasteiger partial charge in [-0.1, -0.05) is 121 Å². The fourth-order valence-electron chi connectivity index (χ4n) is 7.45. The highest BCUT2D eigenvalue weighted by molar-refractivity contribution is 6.04. The van der Waals surface area contributed by atoms with Crippen molar-refractivity contribution in [3.8, 4) is 28.0 Å². The second kappa shape index (κ2) is 20.9. The Morgan fingerprint density at radius 3 is 1.87 bits per heavy atom. The fraction of sp³-hybridized carbons (Fsp3) is 0.220. The molecule has 0 spiro atoms. The number of likely N-dealkylation sites (tertiary alicyclic amines) is 1. The molecule has 0 aliphatic carbocycles. The SMILES string of the molecule is O=C(CNCCc1ccc(O)cc1)Nc1cccc(C(=O)CNCCN2CCC(OC(=O)N(c3ccccc3-c3ccccc3)c3ccccc3-c3ccccc3)CC2)c1. The lowest BCUT2D eigenvalue weighted by Crippen LogP contribution is -2.42. The summed E-state index contributed by atoms with van der Waals surface area (Å²) in [5.41, 5.74) is 7.53. The van der Waals surface area contributed by atoms with Crippen LogP contribution in [0.15, 0.2) is 158 Å². The summed E-state index contributed by atoms with van der Waals surface area (Å²) in [6.45, 7) is 3.85. The molecule has 0 atom stereocenters. The van der Waals surface area contributed by atoms with Gasteiger partial charge < -0.3 is 30.7 Å². The zero-order valence-corrected chi connectivity index (χ0v) is 33.6. The number of Topliss-reactive ketones (excluding diaryl/α,β-unsaturated/α-hetero) is 1. The van der Waals surface area contributed by atoms with Gasteiger partial charge in [0.05, 0.1) is 24.5 Å². The van der Waals surface area contributed by atoms with Gasteiger partial charge in [-0.25, -0.2) is 9.69 Å². The molecule has 1 aliphatic heterocycles. The number of benzene rings is 6. The maximum Gasteiger partial charge on any atom is 0.419 e. The molecule has 10 nitrogen and oxygen atoms in total. The summed E-state index contributed by atoms with van der Waals surface area (Å²) in [6.07, 6.45) is 1.47. The van der Waals surface area contributed by atoms with Crippen molar-refractivity contribution in [1.29, 1.82) is 0 Å². The van der Waals surface area contributed by atoms with E-state index in [1.54, 1.807) is 41.3 Å². The molecule has 1 saturated heterocycles. The first-order valence-electron chi connectivity index (χ1n) is 20.6. The number of para-hydroxylation sites is 2. The topological polar surface area (TPSA) is 123 Å². The number of hydrogen-bond acceptors (Lipinski definition) is 8. The van der Waals surface area contributed by atoms with Crippen LogP contribution in [0, 0.1) is 0 Å². The molecule has 0 saturated carbocycles. The molecule has 2 amide bonds. The van der Waals surface area contributed by atoms with Gasteiger partial charge in [-0.15, -0.1) is 0 Å². The van der Waals surface area contributed by atoms with E-state index >= 15 is 0 Å². The molecule has 4 N–H and O–H groups in total. The van der Waals surface area contributed by atoms with Crippen molar-refractivity contribution >= 4 is 34.8 Å². The molecule has 60 heavy (non-hydrogen) atoms. The van der Waals surface area contributed by atoms with Crippen LogP contribution in [0.4, 0.5) is 21.9 Å². The number of aromatic hydroxyl groups is 1. The van der Waals surface area contributed by atoms with Gasteiger partial charge in [-0.2, -0.15) is 0 Å². The average molecular weight is 802 g/mol. The first-order valence-corrected chi connectivity index (χ1v) is 20.6. The van der Waals surface area contributed by atoms with E-state index in [4.69, 9.17) is 4.74 Å². The predicted molar refractivity (Wildman–Crippen MR) is 239 cm³/mol. The van der Waals surface area contributed by atoms with E-state index in [1.165, 1.54) is 0 Å². The largest absolute Gasteiger partial charge is 0.508 e. The Labute approximate surface area is 351 Å². The van der Waals surface area contributed by atoms with Gasteiger partial charge in [0, 0.05) is 48.6 Å². The van der Waals surface area contributed by atoms with Gasteiger partial charge in [0.25, 0.3) is 0 Å². The normalized spacial score (nSPS) is 13.1. The number of nitrogens with zero attached hydrogens (tertiary/aromatic N) is 2. The van der Waals surface area contributed by atoms with Crippen LogP contribution in [0.1, 0.15) is 28.8 Å². The molecule has 0 bridgehead atoms. The first-order chi connectivity index (χ1) is 29.4. The number of ketones is 1. The Morgan fingerprint density at radius 1 is 0.650 bits per heavy atom. The van der Waals surface area contributed by atoms with Crippen LogP contribution in [0.3, 0.4) is 0 Å². The standard InChI is InChI=1S/C50H51N5O5/c56-42-24-22-37(23-25-42)26-29-51-36-49(58)53-41-17-11-16-40(34-41)48(57)35-52-30-33-54-31-27-43(28-32-54)60-50(59)55(46-20-9-7-18-44(46)38-12-3-1-4-13-38)47-21-10-8-19-45(47)39-14-5-2-6-15-39/h1-25,34,43,51-52,56H,26-33,35-36H2,(H,53,58). The van der Waals surface area contributed by atoms with E-state index in [9.17, 15) is 19.5 Å². The number of anilines is 3. The van der Waals surface area contributed by atoms with Gasteiger partial charge in [0.2, 0.25) is 5.91 Å². The quantitative estimate of drug-likeness (QED) is 0.0534. The van der Waals surface area contributed by atoms with Crippen molar-refractivity contribution in [2.45, 2.75) is 25.4 Å². The molecule has 10 heteroatoms. The Balaban J connectivity index is 0.891. The molecule has 6 aromatic carbocycles. The minimum atomic E-state index is -0.414. The van der Waals surface area contributed by atoms with E-state index in [-0.39, 0.29) is 36.6 Å². The first kappa shape index (κ1) is 41.6. The van der Waals surface area contributed by atoms with Crippen molar-refractivity contribution < 1.29 is 24.2 Å². The van der Waals surface area contributed by atoms with Crippen LogP contribution in [-0.4, -0.2) is 79.7 Å². The average Bonchev–Trinajstić information content (AvgIpc) is 3.29. The van der Waals surface area contributed by atoms with Gasteiger partial charge in [0.15, 0.2) is 5.78 Å². The molecule has 306 valence electrons. The summed E-state index contributed by atoms with van der Waals surface area (Å²) < 4.78 is 6.34. The number of nitrogens with one attached hydrogen (secondary N) is 3. The van der Waals surface area contributed by atoms with Crippen molar-refractivity contribution in [3.63, 3.8) is 0 Å². The van der Waals surface area contributed by atoms with Crippen LogP contribution in [0.25, 0.3) is 22.3 Å². The monoisotopic (exact) mass is 801 g/mol. The van der Waals surface area contributed by atoms with Crippen molar-refractivity contribution in [1.82, 2.24) is 15.5 Å². The minimum absolute atomic E-state index is 0.0593. The summed E-state index contributed by atoms with van der Waals surface area (Å²) in [6, 6.07) is 50.1. The van der Waals surface area contributed by atoms with Crippen LogP contribution in [-0.2, 0) is 16.0 Å². The number of carbonyl (C=O) groups is 3. The highest BCUT2D eigenvalue weighted by Gasteiger charge is 2.29. The number of phenols is 1. The molecule has 7 rings (SSSR count). The lowest BCUT2D eigenvalue weighted by Gasteiger charge is -2.34. The Kier molecular flexibility index (Phi) is 14.5. The molecule has 1 heterocycles. The number of rotatable bonds is 17. The molecule has 1 fully saturated rings. The summed E-state index contributed by atoms with van der Waals surface area (Å²) in [4.78, 5) is 44.1. The number of hydrogen-bond donors (Lipinski definition) is 4. The predicted octanol–water partition coefficient (Wildman–Crippen LogP) is 8.71. The molecule has 0 aromatic heterocycles. The molecular formula is C50H51N5O5. The van der Waals surface area contributed by atoms with Crippen molar-refractivity contribution in [3.05, 3.63) is 169 Å². The smallest absolute Gasteiger partial charge is 0.419 e. The van der Waals surface area contributed by atoms with E-state index in [0.29, 0.717) is 37.2 Å². The third-order valence-corrected chi connectivity index (χ3v) is 10.6. The van der Waals surface area contributed by atoms with Crippen molar-refractivity contribution in [2.24, 2.45) is 0 Å². The maximum atomic E-state index is 14.5. The highest BCUT2D eigenvalue weighted by atomic mass is 16.6. The van der Waals surface area contributed by atoms with Crippen LogP contribution in [0.5, 0.6) is 5.75 Å². The Morgan fingerprint density at radius 2 is 1.23 bits per heavy atom. The highest BCUT2D eigenvalue weighted by Crippen LogP contribution is 2.40. The zero-order chi connectivity index (χ0) is 41.5. The second-order valence-electron chi connectivity index (χ2n) is 14.8. The number of carbonyl (C=O) groups excluding carboxylic acids is 3. The number of piperidine rings is 1. The minimum Gasteiger partial charge on any atom is -0.508 e. The molecular weight excluding hydrogens is 751 g/mol. The van der Waals surface area contributed by atoms with Crippen molar-refractivity contribution in [2.75, 3.05) is 56.0 Å². The van der Waals surface area contributed by atoms with Gasteiger partial charge in [-0.05, 0) is 78.9 Å². The third kappa shape index (κ3) is 11.3. The second-order valence-corrected chi connectivity index (χ2v) is 14.8. The summed E-state index contributed by atoms with van der Waals surface area (Å²) in [7, 11) is 0. The number of amides is 2. The van der Waals surface area contributed by atoms with Crippen LogP contribution in [0.2, 0.25) is 0 Å². The molecule has 1 aliphatic rings. The maximum absolute atomic E-state index is 14.5. The fourth-order valence-corrected chi connectivity index (χ4v) is 7.45. The summed E-state index contributed by atoms with van der Waals surface area (Å²) >= 11 is 0. The summed E-state index contributed by atoms with van der Waals surface area (Å²) in [5, 5.41) is 18.7. The van der Waals surface area contributed by atoms with E-state index in [1.807, 2.05) is 97.1 Å². The lowest BCUT2D eigenvalue weighted by molar-refractivity contribution is -0.115. The van der Waals surface area contributed by atoms with E-state index in [0.717, 1.165) is 65.2 Å². The summed E-state index contributed by atoms with van der Waals surface area (Å²) in [5.74, 6) is -0.0267. The van der Waals surface area contributed by atoms with Crippen LogP contribution < -0.4 is 20.9 Å². The lowest BCUT2D eigenvalue weighted by atomic mass is 10.00. The van der Waals surface area contributed by atoms with E-state index < -0.39 is 6.09 Å². The van der Waals surface area contributed by atoms with E-state index in [2.05, 4.69) is 45.1 Å². The molecule has 6 aromatic rings. The Bertz CT molecular complexity index is 2250. The zero-order valence-electron chi connectivity index (χ0n) is 33.6. The van der Waals surface area contributed by atoms with Crippen LogP contribution >= 0.6 is 0 Å². The third-order valence-electron chi connectivity index (χ3n) is 10.6. The number of phenolic OH excluding ortho intramolecular Hbond substituents is 1.